The van der Waals surface area contributed by atoms with Crippen molar-refractivity contribution in [2.45, 2.75) is 6.54 Å². The summed E-state index contributed by atoms with van der Waals surface area (Å²) in [6.45, 7) is 0.760. The lowest BCUT2D eigenvalue weighted by molar-refractivity contribution is 0.412. The molecule has 0 amide bonds. The monoisotopic (exact) mass is 342 g/mol. The van der Waals surface area contributed by atoms with Crippen molar-refractivity contribution in [2.24, 2.45) is 0 Å². The Hall–Kier alpha value is -2.07. The molecule has 1 aromatic heterocycles. The number of rotatable bonds is 4. The molecule has 2 aromatic carbocycles. The third kappa shape index (κ3) is 3.16. The molecule has 106 valence electrons. The topological polar surface area (TPSA) is 34.1 Å². The molecule has 0 radical (unpaired) electrons. The second-order valence-corrected chi connectivity index (χ2v) is 5.59. The first-order valence-corrected chi connectivity index (χ1v) is 7.46. The standard InChI is InChI=1S/C17H15BrN2O/c1-21-17-10-14(5-6-15(17)18)20-11-12-4-7-16-13(9-12)3-2-8-19-16/h2-10,20H,11H2,1H3. The van der Waals surface area contributed by atoms with Gasteiger partial charge in [-0.25, -0.2) is 0 Å². The predicted octanol–water partition coefficient (Wildman–Crippen LogP) is 4.62. The van der Waals surface area contributed by atoms with E-state index in [1.807, 2.05) is 30.5 Å². The van der Waals surface area contributed by atoms with Gasteiger partial charge in [-0.1, -0.05) is 12.1 Å². The zero-order chi connectivity index (χ0) is 14.7. The van der Waals surface area contributed by atoms with Crippen LogP contribution in [0.2, 0.25) is 0 Å². The van der Waals surface area contributed by atoms with Crippen LogP contribution >= 0.6 is 15.9 Å². The SMILES string of the molecule is COc1cc(NCc2ccc3ncccc3c2)ccc1Br. The predicted molar refractivity (Wildman–Crippen MR) is 89.8 cm³/mol. The Bertz CT molecular complexity index is 774. The van der Waals surface area contributed by atoms with Crippen molar-refractivity contribution in [1.82, 2.24) is 4.98 Å². The first-order valence-electron chi connectivity index (χ1n) is 6.67. The van der Waals surface area contributed by atoms with Crippen molar-refractivity contribution in [3.05, 3.63) is 64.8 Å². The van der Waals surface area contributed by atoms with Crippen LogP contribution in [-0.4, -0.2) is 12.1 Å². The van der Waals surface area contributed by atoms with Gasteiger partial charge in [0.2, 0.25) is 0 Å². The number of pyridine rings is 1. The van der Waals surface area contributed by atoms with Crippen molar-refractivity contribution in [2.75, 3.05) is 12.4 Å². The minimum absolute atomic E-state index is 0.760. The molecule has 21 heavy (non-hydrogen) atoms. The molecular weight excluding hydrogens is 328 g/mol. The second-order valence-electron chi connectivity index (χ2n) is 4.73. The van der Waals surface area contributed by atoms with E-state index in [4.69, 9.17) is 4.74 Å². The molecule has 3 nitrogen and oxygen atoms in total. The van der Waals surface area contributed by atoms with Gasteiger partial charge in [-0.15, -0.1) is 0 Å². The van der Waals surface area contributed by atoms with Crippen LogP contribution in [0, 0.1) is 0 Å². The minimum Gasteiger partial charge on any atom is -0.495 e. The van der Waals surface area contributed by atoms with Gasteiger partial charge in [0.25, 0.3) is 0 Å². The van der Waals surface area contributed by atoms with E-state index < -0.39 is 0 Å². The highest BCUT2D eigenvalue weighted by Gasteiger charge is 2.02. The lowest BCUT2D eigenvalue weighted by Crippen LogP contribution is -1.99. The third-order valence-corrected chi connectivity index (χ3v) is 3.97. The van der Waals surface area contributed by atoms with E-state index >= 15 is 0 Å². The van der Waals surface area contributed by atoms with Crippen molar-refractivity contribution in [3.8, 4) is 5.75 Å². The van der Waals surface area contributed by atoms with Crippen LogP contribution in [0.5, 0.6) is 5.75 Å². The van der Waals surface area contributed by atoms with Crippen LogP contribution in [-0.2, 0) is 6.54 Å². The summed E-state index contributed by atoms with van der Waals surface area (Å²) in [4.78, 5) is 4.33. The summed E-state index contributed by atoms with van der Waals surface area (Å²) in [6, 6.07) is 16.3. The Morgan fingerprint density at radius 2 is 2.05 bits per heavy atom. The summed E-state index contributed by atoms with van der Waals surface area (Å²) >= 11 is 3.45. The fourth-order valence-corrected chi connectivity index (χ4v) is 2.62. The van der Waals surface area contributed by atoms with E-state index in [9.17, 15) is 0 Å². The Kier molecular flexibility index (Phi) is 4.06. The first-order chi connectivity index (χ1) is 10.3. The van der Waals surface area contributed by atoms with Crippen molar-refractivity contribution in [3.63, 3.8) is 0 Å². The van der Waals surface area contributed by atoms with Gasteiger partial charge in [0.15, 0.2) is 0 Å². The van der Waals surface area contributed by atoms with Gasteiger partial charge in [0.05, 0.1) is 17.1 Å². The fourth-order valence-electron chi connectivity index (χ4n) is 2.21. The zero-order valence-corrected chi connectivity index (χ0v) is 13.2. The minimum atomic E-state index is 0.760. The van der Waals surface area contributed by atoms with E-state index in [0.717, 1.165) is 33.4 Å². The molecule has 0 aliphatic rings. The molecule has 0 aliphatic heterocycles. The molecule has 1 N–H and O–H groups in total. The van der Waals surface area contributed by atoms with Gasteiger partial charge in [0, 0.05) is 29.9 Å². The van der Waals surface area contributed by atoms with Gasteiger partial charge in [-0.2, -0.15) is 0 Å². The number of nitrogens with one attached hydrogen (secondary N) is 1. The summed E-state index contributed by atoms with van der Waals surface area (Å²) in [5, 5.41) is 4.56. The normalized spacial score (nSPS) is 10.6. The number of fused-ring (bicyclic) bond motifs is 1. The number of hydrogen-bond donors (Lipinski definition) is 1. The molecule has 3 aromatic rings. The van der Waals surface area contributed by atoms with Crippen molar-refractivity contribution in [1.29, 1.82) is 0 Å². The Morgan fingerprint density at radius 1 is 1.14 bits per heavy atom. The Morgan fingerprint density at radius 3 is 2.90 bits per heavy atom. The van der Waals surface area contributed by atoms with Crippen LogP contribution < -0.4 is 10.1 Å². The van der Waals surface area contributed by atoms with Crippen LogP contribution in [0.15, 0.2) is 59.2 Å². The van der Waals surface area contributed by atoms with Crippen LogP contribution in [0.1, 0.15) is 5.56 Å². The maximum Gasteiger partial charge on any atom is 0.135 e. The molecule has 3 rings (SSSR count). The number of hydrogen-bond acceptors (Lipinski definition) is 3. The van der Waals surface area contributed by atoms with Crippen LogP contribution in [0.3, 0.4) is 0 Å². The summed E-state index contributed by atoms with van der Waals surface area (Å²) < 4.78 is 6.25. The molecule has 0 fully saturated rings. The lowest BCUT2D eigenvalue weighted by atomic mass is 10.1. The van der Waals surface area contributed by atoms with Gasteiger partial charge in [0.1, 0.15) is 5.75 Å². The Balaban J connectivity index is 1.76. The highest BCUT2D eigenvalue weighted by Crippen LogP contribution is 2.28. The number of halogens is 1. The average molecular weight is 343 g/mol. The van der Waals surface area contributed by atoms with Crippen LogP contribution in [0.25, 0.3) is 10.9 Å². The van der Waals surface area contributed by atoms with E-state index in [0.29, 0.717) is 0 Å². The van der Waals surface area contributed by atoms with Gasteiger partial charge in [-0.3, -0.25) is 4.98 Å². The molecule has 0 atom stereocenters. The number of benzene rings is 2. The summed E-state index contributed by atoms with van der Waals surface area (Å²) in [6.07, 6.45) is 1.81. The third-order valence-electron chi connectivity index (χ3n) is 3.32. The lowest BCUT2D eigenvalue weighted by Gasteiger charge is -2.10. The Labute approximate surface area is 132 Å². The number of nitrogens with zero attached hydrogens (tertiary/aromatic N) is 1. The van der Waals surface area contributed by atoms with E-state index in [-0.39, 0.29) is 0 Å². The maximum atomic E-state index is 5.30. The highest BCUT2D eigenvalue weighted by atomic mass is 79.9. The number of methoxy groups -OCH3 is 1. The summed E-state index contributed by atoms with van der Waals surface area (Å²) in [5.74, 6) is 0.822. The number of anilines is 1. The molecular formula is C17H15BrN2O. The maximum absolute atomic E-state index is 5.30. The fraction of sp³-hybridized carbons (Fsp3) is 0.118. The van der Waals surface area contributed by atoms with Crippen molar-refractivity contribution < 1.29 is 4.74 Å². The molecule has 0 saturated heterocycles. The smallest absolute Gasteiger partial charge is 0.135 e. The van der Waals surface area contributed by atoms with E-state index in [2.05, 4.69) is 50.5 Å². The van der Waals surface area contributed by atoms with Gasteiger partial charge in [-0.05, 0) is 51.8 Å². The van der Waals surface area contributed by atoms with Crippen LogP contribution in [0.4, 0.5) is 5.69 Å². The van der Waals surface area contributed by atoms with E-state index in [1.54, 1.807) is 7.11 Å². The molecule has 0 spiro atoms. The summed E-state index contributed by atoms with van der Waals surface area (Å²) in [7, 11) is 1.67. The molecule has 0 unspecified atom stereocenters. The molecule has 0 bridgehead atoms. The zero-order valence-electron chi connectivity index (χ0n) is 11.6. The second kappa shape index (κ2) is 6.14. The van der Waals surface area contributed by atoms with Gasteiger partial charge >= 0.3 is 0 Å². The number of ether oxygens (including phenoxy) is 1. The quantitative estimate of drug-likeness (QED) is 0.751. The molecule has 0 saturated carbocycles. The van der Waals surface area contributed by atoms with Crippen molar-refractivity contribution >= 4 is 32.5 Å². The summed E-state index contributed by atoms with van der Waals surface area (Å²) in [5.41, 5.74) is 3.27. The first kappa shape index (κ1) is 13.9. The van der Waals surface area contributed by atoms with E-state index in [1.165, 1.54) is 5.56 Å². The number of aromatic nitrogens is 1. The highest BCUT2D eigenvalue weighted by molar-refractivity contribution is 9.10. The molecule has 0 aliphatic carbocycles. The molecule has 4 heteroatoms. The largest absolute Gasteiger partial charge is 0.495 e. The average Bonchev–Trinajstić information content (AvgIpc) is 2.54. The molecule has 1 heterocycles. The van der Waals surface area contributed by atoms with Gasteiger partial charge < -0.3 is 10.1 Å².